The van der Waals surface area contributed by atoms with E-state index in [1.54, 1.807) is 18.4 Å². The van der Waals surface area contributed by atoms with E-state index in [2.05, 4.69) is 4.98 Å². The monoisotopic (exact) mass is 329 g/mol. The highest BCUT2D eigenvalue weighted by atomic mass is 32.1. The van der Waals surface area contributed by atoms with Crippen LogP contribution in [0.15, 0.2) is 23.6 Å². The SMILES string of the molecule is COCCc1nc(-c2ccc3c(c2)N(CC#N)C(=O)CO3)cs1. The Labute approximate surface area is 137 Å². The maximum absolute atomic E-state index is 11.9. The van der Waals surface area contributed by atoms with E-state index in [-0.39, 0.29) is 19.1 Å². The summed E-state index contributed by atoms with van der Waals surface area (Å²) < 4.78 is 10.5. The van der Waals surface area contributed by atoms with Crippen molar-refractivity contribution >= 4 is 22.9 Å². The fraction of sp³-hybridized carbons (Fsp3) is 0.312. The number of anilines is 1. The van der Waals surface area contributed by atoms with E-state index in [0.29, 0.717) is 18.0 Å². The molecule has 0 aliphatic carbocycles. The number of hydrogen-bond donors (Lipinski definition) is 0. The minimum atomic E-state index is -0.213. The predicted octanol–water partition coefficient (Wildman–Crippen LogP) is 2.25. The van der Waals surface area contributed by atoms with Gasteiger partial charge in [0.05, 0.1) is 29.1 Å². The molecule has 0 unspecified atom stereocenters. The topological polar surface area (TPSA) is 75.5 Å². The van der Waals surface area contributed by atoms with E-state index >= 15 is 0 Å². The van der Waals surface area contributed by atoms with Crippen molar-refractivity contribution in [2.75, 3.05) is 31.8 Å². The molecule has 1 aromatic carbocycles. The van der Waals surface area contributed by atoms with Crippen molar-refractivity contribution in [2.24, 2.45) is 0 Å². The van der Waals surface area contributed by atoms with Crippen LogP contribution in [0.3, 0.4) is 0 Å². The van der Waals surface area contributed by atoms with Crippen LogP contribution in [-0.4, -0.2) is 37.8 Å². The third-order valence-electron chi connectivity index (χ3n) is 3.50. The summed E-state index contributed by atoms with van der Waals surface area (Å²) in [6, 6.07) is 7.59. The number of fused-ring (bicyclic) bond motifs is 1. The second-order valence-corrected chi connectivity index (χ2v) is 5.92. The first-order valence-corrected chi connectivity index (χ1v) is 7.98. The zero-order valence-electron chi connectivity index (χ0n) is 12.6. The van der Waals surface area contributed by atoms with Crippen molar-refractivity contribution < 1.29 is 14.3 Å². The summed E-state index contributed by atoms with van der Waals surface area (Å²) in [6.07, 6.45) is 0.772. The second-order valence-electron chi connectivity index (χ2n) is 4.98. The maximum Gasteiger partial charge on any atom is 0.265 e. The first-order chi connectivity index (χ1) is 11.2. The van der Waals surface area contributed by atoms with Crippen molar-refractivity contribution in [3.05, 3.63) is 28.6 Å². The Morgan fingerprint density at radius 2 is 2.39 bits per heavy atom. The number of methoxy groups -OCH3 is 1. The number of nitriles is 1. The molecule has 7 heteroatoms. The summed E-state index contributed by atoms with van der Waals surface area (Å²) in [5.41, 5.74) is 2.36. The summed E-state index contributed by atoms with van der Waals surface area (Å²) in [7, 11) is 1.67. The van der Waals surface area contributed by atoms with E-state index in [1.165, 1.54) is 4.90 Å². The zero-order chi connectivity index (χ0) is 16.2. The van der Waals surface area contributed by atoms with E-state index in [9.17, 15) is 4.79 Å². The van der Waals surface area contributed by atoms with Gasteiger partial charge < -0.3 is 9.47 Å². The molecule has 23 heavy (non-hydrogen) atoms. The molecule has 0 N–H and O–H groups in total. The number of thiazole rings is 1. The summed E-state index contributed by atoms with van der Waals surface area (Å²) in [5.74, 6) is 0.397. The number of ether oxygens (including phenoxy) is 2. The van der Waals surface area contributed by atoms with Gasteiger partial charge in [-0.25, -0.2) is 4.98 Å². The fourth-order valence-electron chi connectivity index (χ4n) is 2.35. The Balaban J connectivity index is 1.92. The fourth-order valence-corrected chi connectivity index (χ4v) is 3.14. The average molecular weight is 329 g/mol. The number of rotatable bonds is 5. The molecule has 2 heterocycles. The molecule has 2 aromatic rings. The summed E-state index contributed by atoms with van der Waals surface area (Å²) in [6.45, 7) is 0.607. The lowest BCUT2D eigenvalue weighted by atomic mass is 10.1. The third-order valence-corrected chi connectivity index (χ3v) is 4.41. The van der Waals surface area contributed by atoms with Crippen molar-refractivity contribution in [1.29, 1.82) is 5.26 Å². The normalized spacial score (nSPS) is 13.4. The van der Waals surface area contributed by atoms with Crippen molar-refractivity contribution in [3.63, 3.8) is 0 Å². The van der Waals surface area contributed by atoms with Crippen molar-refractivity contribution in [3.8, 4) is 23.1 Å². The van der Waals surface area contributed by atoms with E-state index in [0.717, 1.165) is 22.7 Å². The van der Waals surface area contributed by atoms with Gasteiger partial charge in [-0.1, -0.05) is 0 Å². The third kappa shape index (κ3) is 3.18. The Morgan fingerprint density at radius 3 is 3.17 bits per heavy atom. The number of hydrogen-bond acceptors (Lipinski definition) is 6. The molecule has 0 bridgehead atoms. The second kappa shape index (κ2) is 6.77. The number of nitrogens with zero attached hydrogens (tertiary/aromatic N) is 3. The lowest BCUT2D eigenvalue weighted by molar-refractivity contribution is -0.121. The van der Waals surface area contributed by atoms with Crippen LogP contribution in [0.2, 0.25) is 0 Å². The van der Waals surface area contributed by atoms with Crippen LogP contribution in [0.4, 0.5) is 5.69 Å². The Morgan fingerprint density at radius 1 is 1.52 bits per heavy atom. The molecule has 1 aromatic heterocycles. The van der Waals surface area contributed by atoms with Gasteiger partial charge in [0, 0.05) is 24.5 Å². The number of carbonyl (C=O) groups is 1. The number of benzene rings is 1. The number of amides is 1. The lowest BCUT2D eigenvalue weighted by Gasteiger charge is -2.27. The smallest absolute Gasteiger partial charge is 0.265 e. The van der Waals surface area contributed by atoms with Gasteiger partial charge in [0.15, 0.2) is 6.61 Å². The van der Waals surface area contributed by atoms with E-state index in [4.69, 9.17) is 14.7 Å². The molecule has 1 aliphatic heterocycles. The summed E-state index contributed by atoms with van der Waals surface area (Å²) in [4.78, 5) is 18.0. The van der Waals surface area contributed by atoms with Gasteiger partial charge in [0.25, 0.3) is 5.91 Å². The van der Waals surface area contributed by atoms with Crippen molar-refractivity contribution in [2.45, 2.75) is 6.42 Å². The summed E-state index contributed by atoms with van der Waals surface area (Å²) in [5, 5.41) is 11.9. The van der Waals surface area contributed by atoms with Crippen molar-refractivity contribution in [1.82, 2.24) is 4.98 Å². The van der Waals surface area contributed by atoms with Crippen LogP contribution >= 0.6 is 11.3 Å². The van der Waals surface area contributed by atoms with Gasteiger partial charge in [-0.15, -0.1) is 11.3 Å². The molecule has 0 fully saturated rings. The van der Waals surface area contributed by atoms with Crippen LogP contribution in [-0.2, 0) is 16.0 Å². The molecule has 3 rings (SSSR count). The highest BCUT2D eigenvalue weighted by Crippen LogP contribution is 2.36. The molecule has 0 atom stereocenters. The minimum absolute atomic E-state index is 0.00873. The first kappa shape index (κ1) is 15.5. The molecule has 0 radical (unpaired) electrons. The van der Waals surface area contributed by atoms with Crippen LogP contribution in [0.5, 0.6) is 5.75 Å². The first-order valence-electron chi connectivity index (χ1n) is 7.11. The van der Waals surface area contributed by atoms with E-state index in [1.807, 2.05) is 29.6 Å². The number of carbonyl (C=O) groups excluding carboxylic acids is 1. The van der Waals surface area contributed by atoms with Gasteiger partial charge in [-0.2, -0.15) is 5.26 Å². The predicted molar refractivity (Wildman–Crippen MR) is 86.6 cm³/mol. The Hall–Kier alpha value is -2.43. The molecular weight excluding hydrogens is 314 g/mol. The highest BCUT2D eigenvalue weighted by Gasteiger charge is 2.25. The Kier molecular flexibility index (Phi) is 4.55. The molecule has 0 spiro atoms. The van der Waals surface area contributed by atoms with Crippen LogP contribution < -0.4 is 9.64 Å². The quantitative estimate of drug-likeness (QED) is 0.787. The largest absolute Gasteiger partial charge is 0.482 e. The van der Waals surface area contributed by atoms with Gasteiger partial charge in [0.2, 0.25) is 0 Å². The van der Waals surface area contributed by atoms with Crippen LogP contribution in [0, 0.1) is 11.3 Å². The summed E-state index contributed by atoms with van der Waals surface area (Å²) >= 11 is 1.58. The van der Waals surface area contributed by atoms with E-state index < -0.39 is 0 Å². The molecule has 0 saturated carbocycles. The average Bonchev–Trinajstić information content (AvgIpc) is 3.04. The van der Waals surface area contributed by atoms with Gasteiger partial charge >= 0.3 is 0 Å². The zero-order valence-corrected chi connectivity index (χ0v) is 13.4. The highest BCUT2D eigenvalue weighted by molar-refractivity contribution is 7.09. The molecule has 0 saturated heterocycles. The molecular formula is C16H15N3O3S. The molecule has 118 valence electrons. The van der Waals surface area contributed by atoms with Gasteiger partial charge in [0.1, 0.15) is 12.3 Å². The molecule has 6 nitrogen and oxygen atoms in total. The molecule has 1 amide bonds. The minimum Gasteiger partial charge on any atom is -0.482 e. The molecule has 1 aliphatic rings. The van der Waals surface area contributed by atoms with Gasteiger partial charge in [-0.05, 0) is 18.2 Å². The van der Waals surface area contributed by atoms with Gasteiger partial charge in [-0.3, -0.25) is 9.69 Å². The standard InChI is InChI=1S/C16H15N3O3S/c1-21-7-4-15-18-12(10-23-15)11-2-3-14-13(8-11)19(6-5-17)16(20)9-22-14/h2-3,8,10H,4,6-7,9H2,1H3. The lowest BCUT2D eigenvalue weighted by Crippen LogP contribution is -2.39. The maximum atomic E-state index is 11.9. The van der Waals surface area contributed by atoms with Crippen LogP contribution in [0.25, 0.3) is 11.3 Å². The number of aromatic nitrogens is 1. The van der Waals surface area contributed by atoms with Crippen LogP contribution in [0.1, 0.15) is 5.01 Å². The Bertz CT molecular complexity index is 766.